The van der Waals surface area contributed by atoms with Crippen LogP contribution in [-0.2, 0) is 4.79 Å². The second-order valence-corrected chi connectivity index (χ2v) is 6.84. The number of rotatable bonds is 8. The molecule has 0 saturated carbocycles. The van der Waals surface area contributed by atoms with Crippen molar-refractivity contribution in [2.75, 3.05) is 13.2 Å². The van der Waals surface area contributed by atoms with E-state index in [9.17, 15) is 4.79 Å². The number of hydrogen-bond acceptors (Lipinski definition) is 3. The van der Waals surface area contributed by atoms with Crippen LogP contribution in [0, 0.1) is 13.8 Å². The highest BCUT2D eigenvalue weighted by atomic mass is 16.5. The van der Waals surface area contributed by atoms with Crippen molar-refractivity contribution in [3.63, 3.8) is 0 Å². The normalized spacial score (nSPS) is 11.9. The molecule has 0 bridgehead atoms. The Kier molecular flexibility index (Phi) is 7.07. The summed E-state index contributed by atoms with van der Waals surface area (Å²) < 4.78 is 11.5. The predicted molar refractivity (Wildman–Crippen MR) is 105 cm³/mol. The Morgan fingerprint density at radius 1 is 1.04 bits per heavy atom. The van der Waals surface area contributed by atoms with E-state index in [0.29, 0.717) is 19.1 Å². The first-order valence-electron chi connectivity index (χ1n) is 9.12. The van der Waals surface area contributed by atoms with Gasteiger partial charge in [0, 0.05) is 0 Å². The molecule has 4 heteroatoms. The zero-order valence-corrected chi connectivity index (χ0v) is 16.3. The van der Waals surface area contributed by atoms with Crippen molar-refractivity contribution in [2.24, 2.45) is 0 Å². The molecule has 1 atom stereocenters. The fourth-order valence-corrected chi connectivity index (χ4v) is 2.60. The summed E-state index contributed by atoms with van der Waals surface area (Å²) in [5, 5.41) is 2.86. The maximum absolute atomic E-state index is 12.2. The van der Waals surface area contributed by atoms with Crippen LogP contribution in [0.4, 0.5) is 0 Å². The molecule has 26 heavy (non-hydrogen) atoms. The van der Waals surface area contributed by atoms with Gasteiger partial charge in [0.05, 0.1) is 6.54 Å². The van der Waals surface area contributed by atoms with E-state index in [1.165, 1.54) is 11.1 Å². The first-order chi connectivity index (χ1) is 12.4. The predicted octanol–water partition coefficient (Wildman–Crippen LogP) is 4.39. The summed E-state index contributed by atoms with van der Waals surface area (Å²) >= 11 is 0. The van der Waals surface area contributed by atoms with Crippen molar-refractivity contribution < 1.29 is 14.3 Å². The molecule has 2 aromatic carbocycles. The molecule has 140 valence electrons. The summed E-state index contributed by atoms with van der Waals surface area (Å²) in [5.74, 6) is 1.77. The number of carbonyl (C=O) groups excluding carboxylic acids is 1. The number of hydrogen-bond donors (Lipinski definition) is 1. The molecule has 0 saturated heterocycles. The lowest BCUT2D eigenvalue weighted by molar-refractivity contribution is -0.127. The van der Waals surface area contributed by atoms with Gasteiger partial charge in [0.1, 0.15) is 18.1 Å². The van der Waals surface area contributed by atoms with Gasteiger partial charge < -0.3 is 14.8 Å². The Bertz CT molecular complexity index is 740. The van der Waals surface area contributed by atoms with Crippen LogP contribution < -0.4 is 14.8 Å². The van der Waals surface area contributed by atoms with Crippen LogP contribution >= 0.6 is 0 Å². The molecular weight excluding hydrogens is 326 g/mol. The van der Waals surface area contributed by atoms with Gasteiger partial charge in [0.25, 0.3) is 5.91 Å². The Morgan fingerprint density at radius 3 is 2.46 bits per heavy atom. The largest absolute Gasteiger partial charge is 0.492 e. The topological polar surface area (TPSA) is 47.6 Å². The van der Waals surface area contributed by atoms with Gasteiger partial charge in [-0.1, -0.05) is 38.1 Å². The van der Waals surface area contributed by atoms with Gasteiger partial charge in [-0.05, 0) is 61.6 Å². The van der Waals surface area contributed by atoms with Crippen LogP contribution in [0.15, 0.2) is 42.5 Å². The molecule has 2 aromatic rings. The van der Waals surface area contributed by atoms with Gasteiger partial charge in [0.15, 0.2) is 6.10 Å². The molecular formula is C22H29NO3. The number of carbonyl (C=O) groups is 1. The molecule has 0 aliphatic rings. The first-order valence-corrected chi connectivity index (χ1v) is 9.12. The zero-order chi connectivity index (χ0) is 19.1. The second kappa shape index (κ2) is 9.27. The number of aryl methyl sites for hydroxylation is 2. The van der Waals surface area contributed by atoms with Crippen molar-refractivity contribution in [1.82, 2.24) is 5.32 Å². The molecule has 0 heterocycles. The lowest BCUT2D eigenvalue weighted by atomic mass is 10.0. The summed E-state index contributed by atoms with van der Waals surface area (Å²) in [6.07, 6.45) is -0.559. The highest BCUT2D eigenvalue weighted by molar-refractivity contribution is 5.80. The van der Waals surface area contributed by atoms with Crippen LogP contribution in [0.1, 0.15) is 43.4 Å². The van der Waals surface area contributed by atoms with Crippen molar-refractivity contribution in [2.45, 2.75) is 46.6 Å². The Balaban J connectivity index is 1.79. The van der Waals surface area contributed by atoms with Gasteiger partial charge in [-0.25, -0.2) is 0 Å². The van der Waals surface area contributed by atoms with Crippen LogP contribution in [0.3, 0.4) is 0 Å². The zero-order valence-electron chi connectivity index (χ0n) is 16.3. The number of ether oxygens (including phenoxy) is 2. The third-order valence-corrected chi connectivity index (χ3v) is 4.36. The highest BCUT2D eigenvalue weighted by Gasteiger charge is 2.16. The fourth-order valence-electron chi connectivity index (χ4n) is 2.60. The number of para-hydroxylation sites is 1. The van der Waals surface area contributed by atoms with E-state index in [2.05, 4.69) is 33.0 Å². The van der Waals surface area contributed by atoms with Gasteiger partial charge in [0.2, 0.25) is 0 Å². The third-order valence-electron chi connectivity index (χ3n) is 4.36. The van der Waals surface area contributed by atoms with E-state index in [1.807, 2.05) is 42.5 Å². The Labute approximate surface area is 156 Å². The molecule has 2 rings (SSSR count). The maximum Gasteiger partial charge on any atom is 0.260 e. The molecule has 0 aliphatic carbocycles. The fraction of sp³-hybridized carbons (Fsp3) is 0.409. The van der Waals surface area contributed by atoms with Crippen molar-refractivity contribution >= 4 is 5.91 Å². The second-order valence-electron chi connectivity index (χ2n) is 6.84. The van der Waals surface area contributed by atoms with Crippen LogP contribution in [0.2, 0.25) is 0 Å². The third kappa shape index (κ3) is 5.51. The van der Waals surface area contributed by atoms with Crippen molar-refractivity contribution in [3.8, 4) is 11.5 Å². The average molecular weight is 355 g/mol. The minimum absolute atomic E-state index is 0.146. The van der Waals surface area contributed by atoms with Crippen molar-refractivity contribution in [3.05, 3.63) is 59.2 Å². The monoisotopic (exact) mass is 355 g/mol. The Morgan fingerprint density at radius 2 is 1.77 bits per heavy atom. The molecule has 1 amide bonds. The molecule has 0 fully saturated rings. The standard InChI is InChI=1S/C22H29NO3/c1-15(2)20-8-6-7-9-21(20)26-18(5)22(24)23-12-13-25-19-11-10-16(3)17(4)14-19/h6-11,14-15,18H,12-13H2,1-5H3,(H,23,24). The minimum atomic E-state index is -0.559. The van der Waals surface area contributed by atoms with Crippen LogP contribution in [-0.4, -0.2) is 25.2 Å². The lowest BCUT2D eigenvalue weighted by Crippen LogP contribution is -2.38. The van der Waals surface area contributed by atoms with E-state index in [1.54, 1.807) is 6.92 Å². The van der Waals surface area contributed by atoms with Gasteiger partial charge in [-0.3, -0.25) is 4.79 Å². The van der Waals surface area contributed by atoms with Gasteiger partial charge in [-0.15, -0.1) is 0 Å². The number of nitrogens with one attached hydrogen (secondary N) is 1. The molecule has 1 N–H and O–H groups in total. The van der Waals surface area contributed by atoms with Crippen molar-refractivity contribution in [1.29, 1.82) is 0 Å². The molecule has 1 unspecified atom stereocenters. The number of benzene rings is 2. The van der Waals surface area contributed by atoms with E-state index >= 15 is 0 Å². The average Bonchev–Trinajstić information content (AvgIpc) is 2.61. The maximum atomic E-state index is 12.2. The van der Waals surface area contributed by atoms with E-state index in [0.717, 1.165) is 17.1 Å². The summed E-state index contributed by atoms with van der Waals surface area (Å²) in [5.41, 5.74) is 3.53. The van der Waals surface area contributed by atoms with Crippen LogP contribution in [0.5, 0.6) is 11.5 Å². The molecule has 0 spiro atoms. The van der Waals surface area contributed by atoms with E-state index < -0.39 is 6.10 Å². The molecule has 0 aromatic heterocycles. The van der Waals surface area contributed by atoms with E-state index in [-0.39, 0.29) is 5.91 Å². The SMILES string of the molecule is Cc1ccc(OCCNC(=O)C(C)Oc2ccccc2C(C)C)cc1C. The Hall–Kier alpha value is -2.49. The summed E-state index contributed by atoms with van der Waals surface area (Å²) in [4.78, 5) is 12.2. The van der Waals surface area contributed by atoms with Crippen LogP contribution in [0.25, 0.3) is 0 Å². The molecule has 4 nitrogen and oxygen atoms in total. The summed E-state index contributed by atoms with van der Waals surface area (Å²) in [6, 6.07) is 13.8. The first kappa shape index (κ1) is 19.8. The number of amides is 1. The molecule has 0 radical (unpaired) electrons. The summed E-state index contributed by atoms with van der Waals surface area (Å²) in [6.45, 7) is 11.0. The van der Waals surface area contributed by atoms with E-state index in [4.69, 9.17) is 9.47 Å². The highest BCUT2D eigenvalue weighted by Crippen LogP contribution is 2.26. The quantitative estimate of drug-likeness (QED) is 0.715. The lowest BCUT2D eigenvalue weighted by Gasteiger charge is -2.18. The smallest absolute Gasteiger partial charge is 0.260 e. The van der Waals surface area contributed by atoms with Gasteiger partial charge in [-0.2, -0.15) is 0 Å². The summed E-state index contributed by atoms with van der Waals surface area (Å²) in [7, 11) is 0. The molecule has 0 aliphatic heterocycles. The van der Waals surface area contributed by atoms with Gasteiger partial charge >= 0.3 is 0 Å². The minimum Gasteiger partial charge on any atom is -0.492 e.